The first-order chi connectivity index (χ1) is 9.99. The highest BCUT2D eigenvalue weighted by molar-refractivity contribution is 9.10. The van der Waals surface area contributed by atoms with Crippen molar-refractivity contribution in [2.45, 2.75) is 25.8 Å². The van der Waals surface area contributed by atoms with Gasteiger partial charge in [-0.15, -0.1) is 0 Å². The molecular formula is C14H18BrN3O3. The fraction of sp³-hybridized carbons (Fsp3) is 0.500. The molecule has 1 unspecified atom stereocenters. The van der Waals surface area contributed by atoms with E-state index in [0.717, 1.165) is 19.6 Å². The van der Waals surface area contributed by atoms with Crippen LogP contribution in [0.4, 0.5) is 5.69 Å². The van der Waals surface area contributed by atoms with E-state index < -0.39 is 4.92 Å². The molecular weight excluding hydrogens is 338 g/mol. The van der Waals surface area contributed by atoms with Gasteiger partial charge in [0.05, 0.1) is 10.5 Å². The summed E-state index contributed by atoms with van der Waals surface area (Å²) in [4.78, 5) is 24.9. The third-order valence-electron chi connectivity index (χ3n) is 3.53. The monoisotopic (exact) mass is 355 g/mol. The summed E-state index contributed by atoms with van der Waals surface area (Å²) in [6, 6.07) is 4.47. The van der Waals surface area contributed by atoms with Crippen LogP contribution in [0.1, 0.15) is 30.1 Å². The van der Waals surface area contributed by atoms with E-state index in [2.05, 4.69) is 26.1 Å². The number of benzene rings is 1. The molecule has 1 heterocycles. The van der Waals surface area contributed by atoms with E-state index in [4.69, 9.17) is 0 Å². The Bertz CT molecular complexity index is 544. The van der Waals surface area contributed by atoms with Gasteiger partial charge in [0.1, 0.15) is 4.47 Å². The Kier molecular flexibility index (Phi) is 5.30. The number of halogens is 1. The SMILES string of the molecule is CC(CN1CCCC1)NC(=O)c1cccc([N+](=O)[O-])c1Br. The third kappa shape index (κ3) is 4.01. The normalized spacial score (nSPS) is 16.7. The summed E-state index contributed by atoms with van der Waals surface area (Å²) in [5.74, 6) is -0.294. The van der Waals surface area contributed by atoms with Crippen molar-refractivity contribution < 1.29 is 9.72 Å². The van der Waals surface area contributed by atoms with Gasteiger partial charge in [0, 0.05) is 18.7 Å². The number of nitrogens with zero attached hydrogens (tertiary/aromatic N) is 2. The lowest BCUT2D eigenvalue weighted by atomic mass is 10.1. The molecule has 1 aliphatic rings. The first-order valence-corrected chi connectivity index (χ1v) is 7.74. The van der Waals surface area contributed by atoms with Gasteiger partial charge in [-0.05, 0) is 54.9 Å². The summed E-state index contributed by atoms with van der Waals surface area (Å²) in [6.07, 6.45) is 2.41. The molecule has 1 atom stereocenters. The molecule has 0 bridgehead atoms. The molecule has 6 nitrogen and oxygen atoms in total. The molecule has 1 N–H and O–H groups in total. The summed E-state index contributed by atoms with van der Waals surface area (Å²) >= 11 is 3.15. The molecule has 21 heavy (non-hydrogen) atoms. The smallest absolute Gasteiger partial charge is 0.284 e. The largest absolute Gasteiger partial charge is 0.348 e. The van der Waals surface area contributed by atoms with Gasteiger partial charge in [0.2, 0.25) is 0 Å². The standard InChI is InChI=1S/C14H18BrN3O3/c1-10(9-17-7-2-3-8-17)16-14(19)11-5-4-6-12(13(11)15)18(20)21/h4-6,10H,2-3,7-9H2,1H3,(H,16,19). The van der Waals surface area contributed by atoms with Crippen molar-refractivity contribution in [1.29, 1.82) is 0 Å². The molecule has 1 aromatic carbocycles. The molecule has 0 aliphatic carbocycles. The van der Waals surface area contributed by atoms with Crippen molar-refractivity contribution in [3.8, 4) is 0 Å². The molecule has 0 spiro atoms. The fourth-order valence-corrected chi connectivity index (χ4v) is 3.13. The third-order valence-corrected chi connectivity index (χ3v) is 4.36. The van der Waals surface area contributed by atoms with Gasteiger partial charge in [0.25, 0.3) is 11.6 Å². The van der Waals surface area contributed by atoms with Crippen LogP contribution in [-0.2, 0) is 0 Å². The number of hydrogen-bond acceptors (Lipinski definition) is 4. The average molecular weight is 356 g/mol. The lowest BCUT2D eigenvalue weighted by Gasteiger charge is -2.21. The lowest BCUT2D eigenvalue weighted by molar-refractivity contribution is -0.385. The number of nitrogens with one attached hydrogen (secondary N) is 1. The summed E-state index contributed by atoms with van der Waals surface area (Å²) in [5.41, 5.74) is 0.187. The second-order valence-electron chi connectivity index (χ2n) is 5.28. The number of hydrogen-bond donors (Lipinski definition) is 1. The van der Waals surface area contributed by atoms with Crippen LogP contribution in [0.3, 0.4) is 0 Å². The van der Waals surface area contributed by atoms with Crippen LogP contribution in [0, 0.1) is 10.1 Å². The topological polar surface area (TPSA) is 75.5 Å². The van der Waals surface area contributed by atoms with Gasteiger partial charge < -0.3 is 10.2 Å². The molecule has 114 valence electrons. The maximum atomic E-state index is 12.2. The molecule has 1 saturated heterocycles. The van der Waals surface area contributed by atoms with E-state index in [-0.39, 0.29) is 27.7 Å². The van der Waals surface area contributed by atoms with Gasteiger partial charge in [-0.1, -0.05) is 6.07 Å². The first-order valence-electron chi connectivity index (χ1n) is 6.95. The number of rotatable bonds is 5. The Morgan fingerprint density at radius 3 is 2.76 bits per heavy atom. The van der Waals surface area contributed by atoms with Crippen molar-refractivity contribution in [1.82, 2.24) is 10.2 Å². The molecule has 1 amide bonds. The molecule has 1 fully saturated rings. The Morgan fingerprint density at radius 1 is 1.48 bits per heavy atom. The van der Waals surface area contributed by atoms with Gasteiger partial charge in [-0.2, -0.15) is 0 Å². The second kappa shape index (κ2) is 7.00. The lowest BCUT2D eigenvalue weighted by Crippen LogP contribution is -2.41. The van der Waals surface area contributed by atoms with Crippen LogP contribution in [0.2, 0.25) is 0 Å². The predicted molar refractivity (Wildman–Crippen MR) is 83.4 cm³/mol. The van der Waals surface area contributed by atoms with Crippen LogP contribution in [-0.4, -0.2) is 41.4 Å². The summed E-state index contributed by atoms with van der Waals surface area (Å²) in [7, 11) is 0. The van der Waals surface area contributed by atoms with Gasteiger partial charge in [0.15, 0.2) is 0 Å². The second-order valence-corrected chi connectivity index (χ2v) is 6.07. The molecule has 2 rings (SSSR count). The molecule has 1 aliphatic heterocycles. The van der Waals surface area contributed by atoms with Crippen LogP contribution in [0.15, 0.2) is 22.7 Å². The summed E-state index contributed by atoms with van der Waals surface area (Å²) in [6.45, 7) is 4.89. The van der Waals surface area contributed by atoms with E-state index in [9.17, 15) is 14.9 Å². The Morgan fingerprint density at radius 2 is 2.14 bits per heavy atom. The Balaban J connectivity index is 2.02. The first kappa shape index (κ1) is 15.9. The quantitative estimate of drug-likeness (QED) is 0.650. The van der Waals surface area contributed by atoms with E-state index in [0.29, 0.717) is 0 Å². The summed E-state index contributed by atoms with van der Waals surface area (Å²) < 4.78 is 0.223. The molecule has 0 aromatic heterocycles. The maximum absolute atomic E-state index is 12.2. The van der Waals surface area contributed by atoms with Crippen LogP contribution < -0.4 is 5.32 Å². The van der Waals surface area contributed by atoms with Crippen LogP contribution in [0.5, 0.6) is 0 Å². The van der Waals surface area contributed by atoms with Crippen molar-refractivity contribution in [2.24, 2.45) is 0 Å². The average Bonchev–Trinajstić information content (AvgIpc) is 2.91. The van der Waals surface area contributed by atoms with E-state index in [1.165, 1.54) is 25.0 Å². The number of likely N-dealkylation sites (tertiary alicyclic amines) is 1. The molecule has 0 saturated carbocycles. The van der Waals surface area contributed by atoms with Gasteiger partial charge in [-0.25, -0.2) is 0 Å². The van der Waals surface area contributed by atoms with Crippen LogP contribution >= 0.6 is 15.9 Å². The van der Waals surface area contributed by atoms with Crippen molar-refractivity contribution in [3.05, 3.63) is 38.3 Å². The minimum atomic E-state index is -0.505. The van der Waals surface area contributed by atoms with Crippen LogP contribution in [0.25, 0.3) is 0 Å². The molecule has 1 aromatic rings. The predicted octanol–water partition coefficient (Wildman–Crippen LogP) is 2.57. The Labute approximate surface area is 131 Å². The number of amides is 1. The molecule has 0 radical (unpaired) electrons. The number of carbonyl (C=O) groups is 1. The Hall–Kier alpha value is -1.47. The zero-order valence-electron chi connectivity index (χ0n) is 11.8. The van der Waals surface area contributed by atoms with Gasteiger partial charge >= 0.3 is 0 Å². The number of nitro benzene ring substituents is 1. The fourth-order valence-electron chi connectivity index (χ4n) is 2.54. The summed E-state index contributed by atoms with van der Waals surface area (Å²) in [5, 5.41) is 13.8. The van der Waals surface area contributed by atoms with Crippen molar-refractivity contribution >= 4 is 27.5 Å². The zero-order chi connectivity index (χ0) is 15.4. The van der Waals surface area contributed by atoms with Gasteiger partial charge in [-0.3, -0.25) is 14.9 Å². The zero-order valence-corrected chi connectivity index (χ0v) is 13.4. The highest BCUT2D eigenvalue weighted by Gasteiger charge is 2.21. The molecule has 7 heteroatoms. The van der Waals surface area contributed by atoms with E-state index >= 15 is 0 Å². The number of carbonyl (C=O) groups excluding carboxylic acids is 1. The highest BCUT2D eigenvalue weighted by Crippen LogP contribution is 2.28. The minimum absolute atomic E-state index is 0.00163. The number of nitro groups is 1. The van der Waals surface area contributed by atoms with Crippen molar-refractivity contribution in [2.75, 3.05) is 19.6 Å². The van der Waals surface area contributed by atoms with Crippen molar-refractivity contribution in [3.63, 3.8) is 0 Å². The highest BCUT2D eigenvalue weighted by atomic mass is 79.9. The van der Waals surface area contributed by atoms with E-state index in [1.807, 2.05) is 6.92 Å². The van der Waals surface area contributed by atoms with E-state index in [1.54, 1.807) is 6.07 Å². The maximum Gasteiger partial charge on any atom is 0.284 e. The minimum Gasteiger partial charge on any atom is -0.348 e.